The first kappa shape index (κ1) is 99.1. The molecule has 0 fully saturated rings. The molecule has 0 amide bonds. The molecule has 74 heavy (non-hydrogen) atoms. The number of rotatable bonds is 37. The number of thiol groups is 5. The van der Waals surface area contributed by atoms with Gasteiger partial charge >= 0.3 is 97.7 Å². The van der Waals surface area contributed by atoms with Crippen LogP contribution in [-0.2, 0) is 174 Å². The minimum atomic E-state index is -1.04. The summed E-state index contributed by atoms with van der Waals surface area (Å²) in [6.07, 6.45) is 6.22. The molecule has 0 heterocycles. The second-order valence-corrected chi connectivity index (χ2v) is 11.2. The van der Waals surface area contributed by atoms with Gasteiger partial charge in [-0.2, -0.15) is 34.6 Å². The van der Waals surface area contributed by atoms with Gasteiger partial charge < -0.3 is 174 Å². The van der Waals surface area contributed by atoms with E-state index in [1.807, 2.05) is 0 Å². The van der Waals surface area contributed by atoms with Gasteiger partial charge in [-0.05, 0) is 0 Å². The van der Waals surface area contributed by atoms with Gasteiger partial charge in [-0.3, -0.25) is 24.0 Å². The van der Waals surface area contributed by atoms with Crippen LogP contribution < -0.4 is 0 Å². The van der Waals surface area contributed by atoms with E-state index in [4.69, 9.17) is 97.1 Å². The molecule has 0 aromatic heterocycles. The fourth-order valence-corrected chi connectivity index (χ4v) is 4.38. The molecule has 459 valence electrons. The molecule has 36 heteroatoms. The number of carbonyl (C=O) groups is 5. The first-order chi connectivity index (χ1) is 36.2. The topological polar surface area (TPSA) is 391 Å². The van der Waals surface area contributed by atoms with Crippen molar-refractivity contribution in [1.82, 2.24) is 0 Å². The molecule has 0 saturated carbocycles. The second kappa shape index (κ2) is 102. The summed E-state index contributed by atoms with van der Waals surface area (Å²) in [5.41, 5.74) is 0. The van der Waals surface area contributed by atoms with Crippen LogP contribution in [0.1, 0.15) is 66.7 Å². The van der Waals surface area contributed by atoms with Gasteiger partial charge in [-0.25, -0.2) is 0 Å². The van der Waals surface area contributed by atoms with E-state index in [1.165, 1.54) is 6.26 Å². The van der Waals surface area contributed by atoms with Gasteiger partial charge in [0.25, 0.3) is 29.8 Å². The van der Waals surface area contributed by atoms with Crippen LogP contribution in [0.3, 0.4) is 0 Å². The maximum absolute atomic E-state index is 12.0. The molecule has 4 atom stereocenters. The van der Waals surface area contributed by atoms with E-state index >= 15 is 0 Å². The molecule has 0 spiro atoms. The number of carbonyl (C=O) groups excluding carboxylic acids is 5. The number of nitrogens with one attached hydrogen (secondary N) is 5. The number of hydrogen-bond donors (Lipinski definition) is 5. The summed E-state index contributed by atoms with van der Waals surface area (Å²) in [5, 5.41) is 27.2. The fourth-order valence-electron chi connectivity index (χ4n) is 4.38. The Morgan fingerprint density at radius 3 is 0.838 bits per heavy atom. The molecule has 0 bridgehead atoms. The molecular formula is C38H71Co5N5O21S5-10. The van der Waals surface area contributed by atoms with Gasteiger partial charge in [0.05, 0.1) is 52.5 Å². The van der Waals surface area contributed by atoms with Gasteiger partial charge in [-0.15, -0.1) is 0 Å². The number of hydrogen-bond acceptors (Lipinski definition) is 26. The third-order valence-electron chi connectivity index (χ3n) is 6.72. The van der Waals surface area contributed by atoms with Crippen molar-refractivity contribution in [2.75, 3.05) is 79.3 Å². The van der Waals surface area contributed by atoms with Crippen LogP contribution >= 0.6 is 64.1 Å². The van der Waals surface area contributed by atoms with Gasteiger partial charge in [0, 0.05) is 0 Å². The van der Waals surface area contributed by atoms with Crippen molar-refractivity contribution in [3.8, 4) is 0 Å². The summed E-state index contributed by atoms with van der Waals surface area (Å²) in [4.78, 5) is 59.6. The molecule has 0 radical (unpaired) electrons. The number of ether oxygens (including phenoxy) is 11. The summed E-state index contributed by atoms with van der Waals surface area (Å²) < 4.78 is 102. The zero-order valence-electron chi connectivity index (χ0n) is 41.0. The van der Waals surface area contributed by atoms with Crippen LogP contribution in [0.15, 0.2) is 12.8 Å². The van der Waals surface area contributed by atoms with Crippen molar-refractivity contribution in [3.05, 3.63) is 70.6 Å². The molecule has 26 nitrogen and oxygen atoms in total. The normalized spacial score (nSPS) is 10.4. The van der Waals surface area contributed by atoms with Crippen molar-refractivity contribution < 1.29 is 174 Å². The Balaban J connectivity index is -0.000000195. The summed E-state index contributed by atoms with van der Waals surface area (Å²) in [5.74, 6) is -2.13. The summed E-state index contributed by atoms with van der Waals surface area (Å²) in [7, 11) is 0. The van der Waals surface area contributed by atoms with E-state index in [-0.39, 0.29) is 111 Å². The monoisotopic (exact) mass is 1390 g/mol. The van der Waals surface area contributed by atoms with E-state index in [0.29, 0.717) is 0 Å². The summed E-state index contributed by atoms with van der Waals surface area (Å²) in [6.45, 7) is 11.6. The van der Waals surface area contributed by atoms with Crippen molar-refractivity contribution in [2.24, 2.45) is 0 Å². The van der Waals surface area contributed by atoms with E-state index < -0.39 is 54.3 Å². The molecule has 0 saturated heterocycles. The summed E-state index contributed by atoms with van der Waals surface area (Å²) >= 11 is 25.5. The Morgan fingerprint density at radius 2 is 0.608 bits per heavy atom. The minimum absolute atomic E-state index is 0.0135. The molecule has 0 aliphatic heterocycles. The SMILES string of the molecule is C=COC(C(COCCOC(=O)C[CH-]C)OCCOC(=O)C[CH-]C)C(OCCOC(=O)C[CH-]C)C(COCCOC(=O)C[CH-]C)OCCOC(=O)C[CH-]C.[NH-]S.[NH-]S.[NH-]S.[NH-]S.[NH-]S.[O]=[Co].[O]=[Co].[O]=[Co].[O]=[Co].[O]=[Co]. The molecule has 5 N–H and O–H groups in total. The average molecular weight is 1390 g/mol. The Bertz CT molecular complexity index is 1160. The van der Waals surface area contributed by atoms with E-state index in [1.54, 1.807) is 66.7 Å². The third-order valence-corrected chi connectivity index (χ3v) is 6.72. The van der Waals surface area contributed by atoms with Crippen molar-refractivity contribution in [3.63, 3.8) is 0 Å². The van der Waals surface area contributed by atoms with Crippen LogP contribution in [0.4, 0.5) is 0 Å². The Hall–Kier alpha value is -0.228. The van der Waals surface area contributed by atoms with Gasteiger partial charge in [0.1, 0.15) is 51.3 Å². The van der Waals surface area contributed by atoms with Crippen molar-refractivity contribution in [1.29, 1.82) is 0 Å². The van der Waals surface area contributed by atoms with Crippen LogP contribution in [0.25, 0.3) is 25.7 Å². The molecule has 0 aliphatic rings. The Labute approximate surface area is 504 Å². The van der Waals surface area contributed by atoms with Crippen molar-refractivity contribution >= 4 is 93.9 Å². The maximum atomic E-state index is 12.0. The summed E-state index contributed by atoms with van der Waals surface area (Å²) in [6, 6.07) is 0. The van der Waals surface area contributed by atoms with E-state index in [2.05, 4.69) is 149 Å². The van der Waals surface area contributed by atoms with Gasteiger partial charge in [0.2, 0.25) is 0 Å². The molecule has 0 aromatic carbocycles. The quantitative estimate of drug-likeness (QED) is 0.0102. The zero-order chi connectivity index (χ0) is 60.2. The zero-order valence-corrected chi connectivity index (χ0v) is 50.7. The molecule has 0 aliphatic carbocycles. The predicted molar refractivity (Wildman–Crippen MR) is 264 cm³/mol. The predicted octanol–water partition coefficient (Wildman–Crippen LogP) is 7.30. The standard InChI is InChI=1S/C38H61O16.5Co.5H2NS.5O/c1-7-13-32(39)49-20-18-44-28-30(47-22-24-51-34(41)15-9-3)37(46-12-6)38(54-27-26-53-36(43)17-11-5)31(48-23-25-52-35(42)16-10-4)29-45-19-21-50-33(40)14-8-2;;;;;;5*1-2;;;;;/h7-12,30-31,37-38H,6,13-29H2,1-5H3;;;;;;5*1-2H;;;;;/q-5;;;;;;5*-1;;;;;. The molecular weight excluding hydrogens is 1320 g/mol. The van der Waals surface area contributed by atoms with Crippen LogP contribution in [0.2, 0.25) is 0 Å². The van der Waals surface area contributed by atoms with Crippen LogP contribution in [0, 0.1) is 32.1 Å². The average Bonchev–Trinajstić information content (AvgIpc) is 3.45. The fraction of sp³-hybridized carbons (Fsp3) is 0.684. The van der Waals surface area contributed by atoms with Gasteiger partial charge in [0.15, 0.2) is 6.10 Å². The van der Waals surface area contributed by atoms with Crippen LogP contribution in [0.5, 0.6) is 0 Å². The second-order valence-electron chi connectivity index (χ2n) is 11.2. The molecule has 4 unspecified atom stereocenters. The van der Waals surface area contributed by atoms with Gasteiger partial charge in [-0.1, -0.05) is 38.7 Å². The molecule has 0 rings (SSSR count). The first-order valence-electron chi connectivity index (χ1n) is 19.9. The van der Waals surface area contributed by atoms with Crippen LogP contribution in [-0.4, -0.2) is 134 Å². The van der Waals surface area contributed by atoms with Crippen molar-refractivity contribution in [2.45, 2.75) is 91.1 Å². The molecule has 0 aromatic rings. The van der Waals surface area contributed by atoms with E-state index in [9.17, 15) is 24.0 Å². The van der Waals surface area contributed by atoms with E-state index in [0.717, 1.165) is 0 Å². The third kappa shape index (κ3) is 80.6. The Kier molecular flexibility index (Phi) is 136. The first-order valence-corrected chi connectivity index (χ1v) is 24.3. The Morgan fingerprint density at radius 1 is 0.392 bits per heavy atom. The number of esters is 5.